The Morgan fingerprint density at radius 1 is 0.941 bits per heavy atom. The molecule has 0 saturated carbocycles. The maximum atomic E-state index is 5.84. The summed E-state index contributed by atoms with van der Waals surface area (Å²) in [4.78, 5) is 1.09. The second kappa shape index (κ2) is 6.03. The van der Waals surface area contributed by atoms with E-state index < -0.39 is 0 Å². The van der Waals surface area contributed by atoms with E-state index in [1.165, 1.54) is 0 Å². The van der Waals surface area contributed by atoms with Gasteiger partial charge in [-0.05, 0) is 24.3 Å². The molecular weight excluding hydrogens is 226 g/mol. The summed E-state index contributed by atoms with van der Waals surface area (Å²) in [7, 11) is 0. The lowest BCUT2D eigenvalue weighted by Crippen LogP contribution is -1.87. The minimum Gasteiger partial charge on any atom is -0.398 e. The lowest BCUT2D eigenvalue weighted by atomic mass is 10.2. The van der Waals surface area contributed by atoms with Gasteiger partial charge in [-0.25, -0.2) is 0 Å². The molecule has 2 aromatic carbocycles. The Morgan fingerprint density at radius 3 is 2.41 bits per heavy atom. The van der Waals surface area contributed by atoms with Crippen LogP contribution in [0.25, 0.3) is 0 Å². The van der Waals surface area contributed by atoms with Gasteiger partial charge in [0.1, 0.15) is 0 Å². The van der Waals surface area contributed by atoms with Crippen LogP contribution in [0.3, 0.4) is 0 Å². The van der Waals surface area contributed by atoms with E-state index in [1.807, 2.05) is 54.6 Å². The molecule has 0 heterocycles. The topological polar surface area (TPSA) is 26.0 Å². The van der Waals surface area contributed by atoms with E-state index in [-0.39, 0.29) is 0 Å². The van der Waals surface area contributed by atoms with Gasteiger partial charge in [0, 0.05) is 16.1 Å². The third kappa shape index (κ3) is 3.58. The predicted molar refractivity (Wildman–Crippen MR) is 74.9 cm³/mol. The third-order valence-corrected chi connectivity index (χ3v) is 3.20. The Balaban J connectivity index is 1.93. The highest BCUT2D eigenvalue weighted by atomic mass is 32.2. The second-order valence-corrected chi connectivity index (χ2v) is 4.51. The van der Waals surface area contributed by atoms with Crippen molar-refractivity contribution in [2.24, 2.45) is 0 Å². The SMILES string of the molecule is Nc1ccccc1SCC#Cc1ccccc1. The number of para-hydroxylation sites is 1. The molecule has 0 aliphatic rings. The van der Waals surface area contributed by atoms with Gasteiger partial charge in [0.15, 0.2) is 0 Å². The Hall–Kier alpha value is -1.85. The fraction of sp³-hybridized carbons (Fsp3) is 0.0667. The molecule has 2 N–H and O–H groups in total. The zero-order valence-electron chi connectivity index (χ0n) is 9.39. The van der Waals surface area contributed by atoms with Crippen LogP contribution in [0.1, 0.15) is 5.56 Å². The lowest BCUT2D eigenvalue weighted by Gasteiger charge is -2.00. The zero-order chi connectivity index (χ0) is 11.9. The quantitative estimate of drug-likeness (QED) is 0.494. The van der Waals surface area contributed by atoms with Crippen LogP contribution in [0.5, 0.6) is 0 Å². The van der Waals surface area contributed by atoms with Gasteiger partial charge >= 0.3 is 0 Å². The number of nitrogen functional groups attached to an aromatic ring is 1. The van der Waals surface area contributed by atoms with E-state index >= 15 is 0 Å². The van der Waals surface area contributed by atoms with Gasteiger partial charge in [0.2, 0.25) is 0 Å². The molecule has 1 nitrogen and oxygen atoms in total. The van der Waals surface area contributed by atoms with Gasteiger partial charge in [-0.2, -0.15) is 0 Å². The molecule has 84 valence electrons. The highest BCUT2D eigenvalue weighted by molar-refractivity contribution is 7.99. The smallest absolute Gasteiger partial charge is 0.0599 e. The molecule has 0 radical (unpaired) electrons. The zero-order valence-corrected chi connectivity index (χ0v) is 10.2. The van der Waals surface area contributed by atoms with Gasteiger partial charge in [0.25, 0.3) is 0 Å². The maximum Gasteiger partial charge on any atom is 0.0599 e. The summed E-state index contributed by atoms with van der Waals surface area (Å²) in [5.74, 6) is 7.01. The van der Waals surface area contributed by atoms with E-state index in [1.54, 1.807) is 11.8 Å². The summed E-state index contributed by atoms with van der Waals surface area (Å²) < 4.78 is 0. The van der Waals surface area contributed by atoms with Crippen molar-refractivity contribution in [3.05, 3.63) is 60.2 Å². The third-order valence-electron chi connectivity index (χ3n) is 2.23. The van der Waals surface area contributed by atoms with E-state index in [4.69, 9.17) is 5.73 Å². The largest absolute Gasteiger partial charge is 0.398 e. The summed E-state index contributed by atoms with van der Waals surface area (Å²) in [6, 6.07) is 17.8. The minimum absolute atomic E-state index is 0.753. The fourth-order valence-corrected chi connectivity index (χ4v) is 2.09. The number of anilines is 1. The first-order valence-corrected chi connectivity index (χ1v) is 6.36. The van der Waals surface area contributed by atoms with Crippen LogP contribution >= 0.6 is 11.8 Å². The number of hydrogen-bond acceptors (Lipinski definition) is 2. The van der Waals surface area contributed by atoms with Crippen molar-refractivity contribution in [1.82, 2.24) is 0 Å². The van der Waals surface area contributed by atoms with Crippen LogP contribution in [0.2, 0.25) is 0 Å². The predicted octanol–water partition coefficient (Wildman–Crippen LogP) is 3.41. The number of thioether (sulfide) groups is 1. The monoisotopic (exact) mass is 239 g/mol. The van der Waals surface area contributed by atoms with Crippen molar-refractivity contribution in [3.63, 3.8) is 0 Å². The summed E-state index contributed by atoms with van der Waals surface area (Å²) in [5.41, 5.74) is 7.71. The number of nitrogens with two attached hydrogens (primary N) is 1. The molecule has 17 heavy (non-hydrogen) atoms. The molecule has 0 aliphatic heterocycles. The Kier molecular flexibility index (Phi) is 4.12. The average Bonchev–Trinajstić information content (AvgIpc) is 2.38. The van der Waals surface area contributed by atoms with Gasteiger partial charge in [0.05, 0.1) is 5.75 Å². The Labute approximate surface area is 106 Å². The van der Waals surface area contributed by atoms with E-state index in [0.717, 1.165) is 21.9 Å². The molecule has 0 atom stereocenters. The standard InChI is InChI=1S/C15H13NS/c16-14-10-4-5-11-15(14)17-12-6-9-13-7-2-1-3-8-13/h1-5,7-8,10-11H,12,16H2. The number of rotatable bonds is 2. The van der Waals surface area contributed by atoms with Gasteiger partial charge in [-0.3, -0.25) is 0 Å². The molecule has 0 unspecified atom stereocenters. The Morgan fingerprint density at radius 2 is 1.65 bits per heavy atom. The molecule has 2 aromatic rings. The van der Waals surface area contributed by atoms with Crippen LogP contribution in [0.4, 0.5) is 5.69 Å². The van der Waals surface area contributed by atoms with E-state index in [9.17, 15) is 0 Å². The van der Waals surface area contributed by atoms with Crippen molar-refractivity contribution >= 4 is 17.4 Å². The molecule has 2 heteroatoms. The van der Waals surface area contributed by atoms with Crippen molar-refractivity contribution in [1.29, 1.82) is 0 Å². The summed E-state index contributed by atoms with van der Waals surface area (Å²) >= 11 is 1.67. The summed E-state index contributed by atoms with van der Waals surface area (Å²) in [6.07, 6.45) is 0. The van der Waals surface area contributed by atoms with Gasteiger partial charge < -0.3 is 5.73 Å². The van der Waals surface area contributed by atoms with Crippen LogP contribution in [-0.2, 0) is 0 Å². The van der Waals surface area contributed by atoms with Crippen LogP contribution in [0, 0.1) is 11.8 Å². The molecule has 0 aliphatic carbocycles. The van der Waals surface area contributed by atoms with Crippen LogP contribution < -0.4 is 5.73 Å². The molecule has 0 bridgehead atoms. The molecule has 0 spiro atoms. The highest BCUT2D eigenvalue weighted by Crippen LogP contribution is 2.23. The maximum absolute atomic E-state index is 5.84. The van der Waals surface area contributed by atoms with Crippen molar-refractivity contribution in [2.45, 2.75) is 4.90 Å². The first-order chi connectivity index (χ1) is 8.36. The Bertz CT molecular complexity index is 538. The molecule has 0 aromatic heterocycles. The average molecular weight is 239 g/mol. The molecule has 2 rings (SSSR count). The molecular formula is C15H13NS. The lowest BCUT2D eigenvalue weighted by molar-refractivity contribution is 1.46. The van der Waals surface area contributed by atoms with Gasteiger partial charge in [-0.15, -0.1) is 11.8 Å². The number of benzene rings is 2. The van der Waals surface area contributed by atoms with E-state index in [0.29, 0.717) is 0 Å². The summed E-state index contributed by atoms with van der Waals surface area (Å²) in [6.45, 7) is 0. The fourth-order valence-electron chi connectivity index (χ4n) is 1.39. The molecule has 0 saturated heterocycles. The second-order valence-electron chi connectivity index (χ2n) is 3.49. The molecule has 0 amide bonds. The van der Waals surface area contributed by atoms with E-state index in [2.05, 4.69) is 11.8 Å². The first kappa shape index (κ1) is 11.6. The van der Waals surface area contributed by atoms with Crippen molar-refractivity contribution in [3.8, 4) is 11.8 Å². The van der Waals surface area contributed by atoms with Crippen LogP contribution in [-0.4, -0.2) is 5.75 Å². The summed E-state index contributed by atoms with van der Waals surface area (Å²) in [5, 5.41) is 0. The normalized spacial score (nSPS) is 9.41. The first-order valence-electron chi connectivity index (χ1n) is 5.37. The van der Waals surface area contributed by atoms with Crippen molar-refractivity contribution < 1.29 is 0 Å². The molecule has 0 fully saturated rings. The van der Waals surface area contributed by atoms with Crippen LogP contribution in [0.15, 0.2) is 59.5 Å². The highest BCUT2D eigenvalue weighted by Gasteiger charge is 1.95. The van der Waals surface area contributed by atoms with Crippen molar-refractivity contribution in [2.75, 3.05) is 11.5 Å². The minimum atomic E-state index is 0.753. The van der Waals surface area contributed by atoms with Gasteiger partial charge in [-0.1, -0.05) is 42.2 Å². The number of hydrogen-bond donors (Lipinski definition) is 1.